The van der Waals surface area contributed by atoms with Crippen molar-refractivity contribution in [3.05, 3.63) is 97.9 Å². The molecule has 0 saturated heterocycles. The van der Waals surface area contributed by atoms with Crippen LogP contribution >= 0.6 is 34.8 Å². The molecular weight excluding hydrogens is 504 g/mol. The van der Waals surface area contributed by atoms with Crippen LogP contribution in [0, 0.1) is 19.7 Å². The summed E-state index contributed by atoms with van der Waals surface area (Å²) in [5, 5.41) is 8.23. The van der Waals surface area contributed by atoms with Gasteiger partial charge in [-0.05, 0) is 55.8 Å². The molecule has 0 unspecified atom stereocenters. The average molecular weight is 523 g/mol. The van der Waals surface area contributed by atoms with Gasteiger partial charge in [-0.2, -0.15) is 5.10 Å². The molecule has 2 heterocycles. The fraction of sp³-hybridized carbons (Fsp3) is 0.167. The third-order valence-electron chi connectivity index (χ3n) is 5.05. The van der Waals surface area contributed by atoms with Crippen LogP contribution in [0.1, 0.15) is 33.3 Å². The first-order valence-corrected chi connectivity index (χ1v) is 11.3. The van der Waals surface area contributed by atoms with Crippen LogP contribution in [0.4, 0.5) is 10.1 Å². The minimum atomic E-state index is -0.440. The number of carbonyl (C=O) groups excluding carboxylic acids is 1. The quantitative estimate of drug-likeness (QED) is 0.282. The molecule has 10 heteroatoms. The van der Waals surface area contributed by atoms with Gasteiger partial charge in [-0.15, -0.1) is 0 Å². The van der Waals surface area contributed by atoms with E-state index in [1.54, 1.807) is 29.8 Å². The minimum absolute atomic E-state index is 0.0119. The first kappa shape index (κ1) is 24.1. The van der Waals surface area contributed by atoms with E-state index in [0.29, 0.717) is 28.7 Å². The summed E-state index contributed by atoms with van der Waals surface area (Å²) in [4.78, 5) is 12.8. The number of ether oxygens (including phenoxy) is 1. The molecule has 1 N–H and O–H groups in total. The highest BCUT2D eigenvalue weighted by atomic mass is 35.5. The summed E-state index contributed by atoms with van der Waals surface area (Å²) in [5.74, 6) is 0.0224. The Bertz CT molecular complexity index is 1340. The van der Waals surface area contributed by atoms with E-state index in [2.05, 4.69) is 10.4 Å². The lowest BCUT2D eigenvalue weighted by Gasteiger charge is -2.09. The SMILES string of the molecule is Cc1nn(Cc2cccc(F)c2)c(C)c1NC(=O)c1ccc(COc2c(Cl)cc(Cl)cc2Cl)o1. The van der Waals surface area contributed by atoms with Crippen LogP contribution in [0.15, 0.2) is 52.9 Å². The maximum Gasteiger partial charge on any atom is 0.291 e. The minimum Gasteiger partial charge on any atom is -0.483 e. The van der Waals surface area contributed by atoms with E-state index in [0.717, 1.165) is 11.3 Å². The van der Waals surface area contributed by atoms with Gasteiger partial charge in [0.1, 0.15) is 18.2 Å². The van der Waals surface area contributed by atoms with Gasteiger partial charge in [-0.1, -0.05) is 46.9 Å². The summed E-state index contributed by atoms with van der Waals surface area (Å²) in [7, 11) is 0. The van der Waals surface area contributed by atoms with Crippen molar-refractivity contribution in [2.75, 3.05) is 5.32 Å². The molecule has 0 radical (unpaired) electrons. The summed E-state index contributed by atoms with van der Waals surface area (Å²) in [5.41, 5.74) is 2.69. The van der Waals surface area contributed by atoms with Crippen molar-refractivity contribution in [2.45, 2.75) is 27.0 Å². The molecule has 0 aliphatic rings. The summed E-state index contributed by atoms with van der Waals surface area (Å²) in [6, 6.07) is 12.5. The number of furan rings is 1. The van der Waals surface area contributed by atoms with Gasteiger partial charge in [0.05, 0.1) is 33.7 Å². The highest BCUT2D eigenvalue weighted by molar-refractivity contribution is 6.40. The summed E-state index contributed by atoms with van der Waals surface area (Å²) in [6.07, 6.45) is 0. The van der Waals surface area contributed by atoms with Crippen molar-refractivity contribution in [3.63, 3.8) is 0 Å². The Balaban J connectivity index is 1.43. The second-order valence-corrected chi connectivity index (χ2v) is 8.79. The molecule has 0 bridgehead atoms. The zero-order valence-corrected chi connectivity index (χ0v) is 20.4. The Labute approximate surface area is 210 Å². The van der Waals surface area contributed by atoms with Crippen molar-refractivity contribution < 1.29 is 18.3 Å². The van der Waals surface area contributed by atoms with Gasteiger partial charge < -0.3 is 14.5 Å². The maximum absolute atomic E-state index is 13.5. The van der Waals surface area contributed by atoms with E-state index in [1.165, 1.54) is 24.3 Å². The van der Waals surface area contributed by atoms with Crippen LogP contribution < -0.4 is 10.1 Å². The van der Waals surface area contributed by atoms with E-state index in [1.807, 2.05) is 13.0 Å². The van der Waals surface area contributed by atoms with Gasteiger partial charge in [-0.3, -0.25) is 9.48 Å². The maximum atomic E-state index is 13.5. The summed E-state index contributed by atoms with van der Waals surface area (Å²) in [6.45, 7) is 4.00. The second-order valence-electron chi connectivity index (χ2n) is 7.54. The molecular formula is C24H19Cl3FN3O3. The van der Waals surface area contributed by atoms with Crippen molar-refractivity contribution >= 4 is 46.4 Å². The smallest absolute Gasteiger partial charge is 0.291 e. The molecule has 34 heavy (non-hydrogen) atoms. The highest BCUT2D eigenvalue weighted by Gasteiger charge is 2.18. The number of amides is 1. The number of carbonyl (C=O) groups is 1. The fourth-order valence-corrected chi connectivity index (χ4v) is 4.33. The summed E-state index contributed by atoms with van der Waals surface area (Å²) < 4.78 is 26.5. The number of halogens is 4. The fourth-order valence-electron chi connectivity index (χ4n) is 3.40. The number of aromatic nitrogens is 2. The van der Waals surface area contributed by atoms with E-state index in [4.69, 9.17) is 44.0 Å². The van der Waals surface area contributed by atoms with E-state index in [-0.39, 0.29) is 34.0 Å². The van der Waals surface area contributed by atoms with Gasteiger partial charge in [0, 0.05) is 5.02 Å². The van der Waals surface area contributed by atoms with Crippen LogP contribution in [-0.4, -0.2) is 15.7 Å². The van der Waals surface area contributed by atoms with Crippen LogP contribution in [0.25, 0.3) is 0 Å². The van der Waals surface area contributed by atoms with E-state index >= 15 is 0 Å². The van der Waals surface area contributed by atoms with Crippen LogP contribution in [0.2, 0.25) is 15.1 Å². The summed E-state index contributed by atoms with van der Waals surface area (Å²) >= 11 is 18.2. The number of nitrogens with one attached hydrogen (secondary N) is 1. The third kappa shape index (κ3) is 5.38. The molecule has 176 valence electrons. The monoisotopic (exact) mass is 521 g/mol. The Morgan fingerprint density at radius 1 is 1.12 bits per heavy atom. The Hall–Kier alpha value is -3.00. The number of hydrogen-bond donors (Lipinski definition) is 1. The molecule has 0 aliphatic heterocycles. The predicted octanol–water partition coefficient (Wildman–Crippen LogP) is 7.07. The van der Waals surface area contributed by atoms with Crippen LogP contribution in [-0.2, 0) is 13.2 Å². The molecule has 2 aromatic heterocycles. The highest BCUT2D eigenvalue weighted by Crippen LogP contribution is 2.36. The zero-order valence-electron chi connectivity index (χ0n) is 18.2. The zero-order chi connectivity index (χ0) is 24.4. The Morgan fingerprint density at radius 3 is 2.56 bits per heavy atom. The van der Waals surface area contributed by atoms with Gasteiger partial charge in [0.15, 0.2) is 11.5 Å². The Kier molecular flexibility index (Phi) is 7.16. The first-order valence-electron chi connectivity index (χ1n) is 10.2. The van der Waals surface area contributed by atoms with Crippen molar-refractivity contribution in [2.24, 2.45) is 0 Å². The second kappa shape index (κ2) is 10.1. The lowest BCUT2D eigenvalue weighted by atomic mass is 10.2. The Morgan fingerprint density at radius 2 is 1.85 bits per heavy atom. The number of nitrogens with zero attached hydrogens (tertiary/aromatic N) is 2. The van der Waals surface area contributed by atoms with Crippen molar-refractivity contribution in [1.82, 2.24) is 9.78 Å². The van der Waals surface area contributed by atoms with Crippen LogP contribution in [0.3, 0.4) is 0 Å². The molecule has 0 spiro atoms. The van der Waals surface area contributed by atoms with Crippen molar-refractivity contribution in [1.29, 1.82) is 0 Å². The molecule has 4 rings (SSSR count). The molecule has 0 saturated carbocycles. The number of aryl methyl sites for hydroxylation is 1. The van der Waals surface area contributed by atoms with Gasteiger partial charge >= 0.3 is 0 Å². The third-order valence-corrected chi connectivity index (χ3v) is 5.83. The van der Waals surface area contributed by atoms with E-state index in [9.17, 15) is 9.18 Å². The number of anilines is 1. The largest absolute Gasteiger partial charge is 0.483 e. The van der Waals surface area contributed by atoms with E-state index < -0.39 is 5.91 Å². The number of benzene rings is 2. The molecule has 0 atom stereocenters. The number of rotatable bonds is 7. The molecule has 2 aromatic carbocycles. The predicted molar refractivity (Wildman–Crippen MR) is 130 cm³/mol. The normalized spacial score (nSPS) is 11.0. The average Bonchev–Trinajstić information content (AvgIpc) is 3.34. The molecule has 4 aromatic rings. The lowest BCUT2D eigenvalue weighted by Crippen LogP contribution is -2.12. The van der Waals surface area contributed by atoms with Gasteiger partial charge in [-0.25, -0.2) is 4.39 Å². The molecule has 6 nitrogen and oxygen atoms in total. The lowest BCUT2D eigenvalue weighted by molar-refractivity contribution is 0.0992. The molecule has 0 aliphatic carbocycles. The first-order chi connectivity index (χ1) is 16.2. The standard InChI is InChI=1S/C24H19Cl3FN3O3/c1-13-22(14(2)31(30-13)11-15-4-3-5-17(28)8-15)29-24(32)21-7-6-18(34-21)12-33-23-19(26)9-16(25)10-20(23)27/h3-10H,11-12H2,1-2H3,(H,29,32). The molecule has 0 fully saturated rings. The van der Waals surface area contributed by atoms with Gasteiger partial charge in [0.2, 0.25) is 0 Å². The van der Waals surface area contributed by atoms with Crippen molar-refractivity contribution in [3.8, 4) is 5.75 Å². The van der Waals surface area contributed by atoms with Gasteiger partial charge in [0.25, 0.3) is 5.91 Å². The van der Waals surface area contributed by atoms with Crippen LogP contribution in [0.5, 0.6) is 5.75 Å². The topological polar surface area (TPSA) is 69.3 Å². The molecule has 1 amide bonds. The number of hydrogen-bond acceptors (Lipinski definition) is 4.